The van der Waals surface area contributed by atoms with Gasteiger partial charge in [-0.3, -0.25) is 4.18 Å². The normalized spacial score (nSPS) is 11.7. The first kappa shape index (κ1) is 20.9. The third-order valence-electron chi connectivity index (χ3n) is 3.80. The molecule has 0 fully saturated rings. The van der Waals surface area contributed by atoms with E-state index < -0.39 is 10.1 Å². The van der Waals surface area contributed by atoms with Gasteiger partial charge >= 0.3 is 0 Å². The molecule has 1 aromatic carbocycles. The summed E-state index contributed by atoms with van der Waals surface area (Å²) in [4.78, 5) is 0.238. The molecule has 3 nitrogen and oxygen atoms in total. The average molecular weight is 452 g/mol. The molecule has 132 valence electrons. The minimum Gasteiger partial charge on any atom is -0.266 e. The molecule has 23 heavy (non-hydrogen) atoms. The Balaban J connectivity index is 1.96. The molecule has 1 rings (SSSR count). The Morgan fingerprint density at radius 3 is 1.74 bits per heavy atom. The van der Waals surface area contributed by atoms with E-state index in [-0.39, 0.29) is 11.5 Å². The minimum absolute atomic E-state index is 0.238. The van der Waals surface area contributed by atoms with Crippen molar-refractivity contribution >= 4 is 32.7 Å². The summed E-state index contributed by atoms with van der Waals surface area (Å²) in [6, 6.07) is 8.34. The molecule has 0 aliphatic rings. The Bertz CT molecular complexity index is 488. The van der Waals surface area contributed by atoms with Gasteiger partial charge in [-0.2, -0.15) is 8.42 Å². The van der Waals surface area contributed by atoms with Crippen LogP contribution in [0.5, 0.6) is 0 Å². The lowest BCUT2D eigenvalue weighted by Gasteiger charge is -2.05. The number of benzene rings is 1. The van der Waals surface area contributed by atoms with Gasteiger partial charge in [0, 0.05) is 0 Å². The fourth-order valence-electron chi connectivity index (χ4n) is 2.43. The number of alkyl halides is 1. The van der Waals surface area contributed by atoms with Gasteiger partial charge in [-0.05, 0) is 29.4 Å². The van der Waals surface area contributed by atoms with E-state index in [4.69, 9.17) is 4.18 Å². The summed E-state index contributed by atoms with van der Waals surface area (Å²) in [5, 5.41) is 0. The monoisotopic (exact) mass is 452 g/mol. The van der Waals surface area contributed by atoms with Crippen LogP contribution in [0.4, 0.5) is 0 Å². The van der Waals surface area contributed by atoms with Crippen LogP contribution in [0.3, 0.4) is 0 Å². The second kappa shape index (κ2) is 13.2. The number of rotatable bonds is 14. The standard InChI is InChI=1S/C18H29IO3S/c19-16-12-7-5-3-1-2-4-6-8-13-17-22-23(20,21)18-14-10-9-11-15-18/h9-11,14-15H,1-8,12-13,16-17H2. The van der Waals surface area contributed by atoms with E-state index in [1.807, 2.05) is 0 Å². The molecule has 0 aliphatic carbocycles. The van der Waals surface area contributed by atoms with Crippen molar-refractivity contribution in [2.45, 2.75) is 69.1 Å². The Labute approximate surface area is 155 Å². The first-order valence-electron chi connectivity index (χ1n) is 8.67. The molecule has 0 radical (unpaired) electrons. The quantitative estimate of drug-likeness (QED) is 0.157. The third-order valence-corrected chi connectivity index (χ3v) is 5.89. The maximum atomic E-state index is 11.9. The van der Waals surface area contributed by atoms with Crippen molar-refractivity contribution in [2.24, 2.45) is 0 Å². The predicted octanol–water partition coefficient (Wildman–Crippen LogP) is 5.73. The van der Waals surface area contributed by atoms with Crippen LogP contribution in [0, 0.1) is 0 Å². The van der Waals surface area contributed by atoms with Crippen LogP contribution in [0.15, 0.2) is 35.2 Å². The predicted molar refractivity (Wildman–Crippen MR) is 105 cm³/mol. The lowest BCUT2D eigenvalue weighted by Crippen LogP contribution is -2.07. The topological polar surface area (TPSA) is 43.4 Å². The van der Waals surface area contributed by atoms with Crippen LogP contribution in [-0.4, -0.2) is 19.5 Å². The van der Waals surface area contributed by atoms with Crippen molar-refractivity contribution in [1.82, 2.24) is 0 Å². The van der Waals surface area contributed by atoms with Crippen LogP contribution in [0.2, 0.25) is 0 Å². The fourth-order valence-corrected chi connectivity index (χ4v) is 3.94. The molecule has 0 bridgehead atoms. The summed E-state index contributed by atoms with van der Waals surface area (Å²) < 4.78 is 30.1. The smallest absolute Gasteiger partial charge is 0.266 e. The highest BCUT2D eigenvalue weighted by molar-refractivity contribution is 14.1. The van der Waals surface area contributed by atoms with Crippen molar-refractivity contribution in [2.75, 3.05) is 11.0 Å². The van der Waals surface area contributed by atoms with Gasteiger partial charge in [0.15, 0.2) is 0 Å². The fraction of sp³-hybridized carbons (Fsp3) is 0.667. The van der Waals surface area contributed by atoms with E-state index in [2.05, 4.69) is 22.6 Å². The Morgan fingerprint density at radius 2 is 1.22 bits per heavy atom. The maximum Gasteiger partial charge on any atom is 0.296 e. The van der Waals surface area contributed by atoms with Gasteiger partial charge in [-0.25, -0.2) is 0 Å². The second-order valence-electron chi connectivity index (χ2n) is 5.81. The molecule has 1 aromatic rings. The van der Waals surface area contributed by atoms with Crippen molar-refractivity contribution in [1.29, 1.82) is 0 Å². The van der Waals surface area contributed by atoms with E-state index >= 15 is 0 Å². The molecule has 0 heterocycles. The van der Waals surface area contributed by atoms with E-state index in [1.54, 1.807) is 30.3 Å². The lowest BCUT2D eigenvalue weighted by atomic mass is 10.1. The zero-order valence-corrected chi connectivity index (χ0v) is 16.9. The molecule has 0 aliphatic heterocycles. The highest BCUT2D eigenvalue weighted by Crippen LogP contribution is 2.14. The van der Waals surface area contributed by atoms with E-state index in [0.717, 1.165) is 12.8 Å². The maximum absolute atomic E-state index is 11.9. The molecule has 0 saturated carbocycles. The molecule has 0 saturated heterocycles. The number of hydrogen-bond donors (Lipinski definition) is 0. The second-order valence-corrected chi connectivity index (χ2v) is 8.51. The Morgan fingerprint density at radius 1 is 0.739 bits per heavy atom. The van der Waals surface area contributed by atoms with Gasteiger partial charge in [0.1, 0.15) is 0 Å². The summed E-state index contributed by atoms with van der Waals surface area (Å²) in [7, 11) is -3.57. The molecule has 5 heteroatoms. The first-order chi connectivity index (χ1) is 11.2. The van der Waals surface area contributed by atoms with Crippen molar-refractivity contribution in [3.8, 4) is 0 Å². The molecular formula is C18H29IO3S. The number of hydrogen-bond acceptors (Lipinski definition) is 3. The van der Waals surface area contributed by atoms with Gasteiger partial charge in [-0.1, -0.05) is 92.2 Å². The SMILES string of the molecule is O=S(=O)(OCCCCCCCCCCCCI)c1ccccc1. The molecule has 0 unspecified atom stereocenters. The molecular weight excluding hydrogens is 423 g/mol. The Hall–Kier alpha value is -0.140. The average Bonchev–Trinajstić information content (AvgIpc) is 2.56. The zero-order valence-electron chi connectivity index (χ0n) is 13.9. The van der Waals surface area contributed by atoms with E-state index in [9.17, 15) is 8.42 Å². The zero-order chi connectivity index (χ0) is 16.8. The largest absolute Gasteiger partial charge is 0.296 e. The summed E-state index contributed by atoms with van der Waals surface area (Å²) >= 11 is 2.44. The van der Waals surface area contributed by atoms with Gasteiger partial charge in [0.25, 0.3) is 10.1 Å². The Kier molecular flexibility index (Phi) is 12.0. The molecule has 0 amide bonds. The third kappa shape index (κ3) is 10.4. The van der Waals surface area contributed by atoms with Gasteiger partial charge in [-0.15, -0.1) is 0 Å². The van der Waals surface area contributed by atoms with Crippen LogP contribution >= 0.6 is 22.6 Å². The summed E-state index contributed by atoms with van der Waals surface area (Å²) in [5.74, 6) is 0. The minimum atomic E-state index is -3.57. The van der Waals surface area contributed by atoms with E-state index in [0.29, 0.717) is 0 Å². The van der Waals surface area contributed by atoms with Crippen LogP contribution in [0.1, 0.15) is 64.2 Å². The molecule has 0 N–H and O–H groups in total. The van der Waals surface area contributed by atoms with Gasteiger partial charge < -0.3 is 0 Å². The van der Waals surface area contributed by atoms with Crippen molar-refractivity contribution < 1.29 is 12.6 Å². The van der Waals surface area contributed by atoms with Crippen LogP contribution in [0.25, 0.3) is 0 Å². The lowest BCUT2D eigenvalue weighted by molar-refractivity contribution is 0.306. The van der Waals surface area contributed by atoms with Crippen LogP contribution in [-0.2, 0) is 14.3 Å². The number of unbranched alkanes of at least 4 members (excludes halogenated alkanes) is 9. The van der Waals surface area contributed by atoms with E-state index in [1.165, 1.54) is 55.8 Å². The highest BCUT2D eigenvalue weighted by atomic mass is 127. The highest BCUT2D eigenvalue weighted by Gasteiger charge is 2.13. The van der Waals surface area contributed by atoms with Crippen LogP contribution < -0.4 is 0 Å². The van der Waals surface area contributed by atoms with Crippen molar-refractivity contribution in [3.05, 3.63) is 30.3 Å². The van der Waals surface area contributed by atoms with Gasteiger partial charge in [0.05, 0.1) is 11.5 Å². The first-order valence-corrected chi connectivity index (χ1v) is 11.6. The summed E-state index contributed by atoms with van der Waals surface area (Å²) in [5.41, 5.74) is 0. The molecule has 0 aromatic heterocycles. The molecule has 0 spiro atoms. The van der Waals surface area contributed by atoms with Crippen molar-refractivity contribution in [3.63, 3.8) is 0 Å². The van der Waals surface area contributed by atoms with Gasteiger partial charge in [0.2, 0.25) is 0 Å². The summed E-state index contributed by atoms with van der Waals surface area (Å²) in [6.45, 7) is 0.285. The summed E-state index contributed by atoms with van der Waals surface area (Å²) in [6.07, 6.45) is 12.3. The molecule has 0 atom stereocenters. The number of halogens is 1.